The first kappa shape index (κ1) is 17.7. The summed E-state index contributed by atoms with van der Waals surface area (Å²) in [4.78, 5) is 28.9. The zero-order valence-corrected chi connectivity index (χ0v) is 15.1. The molecule has 138 valence electrons. The second-order valence-corrected chi connectivity index (χ2v) is 6.42. The fraction of sp³-hybridized carbons (Fsp3) is 0.0435. The van der Waals surface area contributed by atoms with Crippen molar-refractivity contribution in [2.75, 3.05) is 0 Å². The predicted molar refractivity (Wildman–Crippen MR) is 109 cm³/mol. The van der Waals surface area contributed by atoms with Crippen molar-refractivity contribution in [1.29, 1.82) is 0 Å². The molecule has 5 heteroatoms. The highest BCUT2D eigenvalue weighted by Crippen LogP contribution is 2.24. The van der Waals surface area contributed by atoms with E-state index in [1.54, 1.807) is 30.5 Å². The second kappa shape index (κ2) is 7.90. The van der Waals surface area contributed by atoms with Crippen LogP contribution in [-0.2, 0) is 0 Å². The maximum Gasteiger partial charge on any atom is 0.265 e. The standard InChI is InChI=1S/C23H19N3O2/c27-22(19-15-24-20-14-8-7-13-18(19)20)21(16-9-3-1-4-10-16)25-26-23(28)17-11-5-2-6-12-17/h1-15,21,24-25H,(H,26,28). The van der Waals surface area contributed by atoms with Crippen molar-refractivity contribution in [1.82, 2.24) is 15.8 Å². The van der Waals surface area contributed by atoms with Gasteiger partial charge in [-0.15, -0.1) is 0 Å². The molecule has 0 bridgehead atoms. The van der Waals surface area contributed by atoms with Crippen LogP contribution in [0.3, 0.4) is 0 Å². The van der Waals surface area contributed by atoms with Crippen LogP contribution in [-0.4, -0.2) is 16.7 Å². The third-order valence-electron chi connectivity index (χ3n) is 4.62. The summed E-state index contributed by atoms with van der Waals surface area (Å²) < 4.78 is 0. The molecule has 0 fully saturated rings. The van der Waals surface area contributed by atoms with Crippen LogP contribution in [0.1, 0.15) is 32.3 Å². The summed E-state index contributed by atoms with van der Waals surface area (Å²) >= 11 is 0. The number of ketones is 1. The van der Waals surface area contributed by atoms with E-state index in [-0.39, 0.29) is 11.7 Å². The second-order valence-electron chi connectivity index (χ2n) is 6.42. The van der Waals surface area contributed by atoms with Gasteiger partial charge in [0, 0.05) is 28.2 Å². The van der Waals surface area contributed by atoms with Crippen LogP contribution in [0.4, 0.5) is 0 Å². The molecule has 28 heavy (non-hydrogen) atoms. The molecule has 0 aliphatic heterocycles. The molecule has 3 N–H and O–H groups in total. The Balaban J connectivity index is 1.62. The minimum Gasteiger partial charge on any atom is -0.360 e. The average molecular weight is 369 g/mol. The molecule has 3 aromatic carbocycles. The average Bonchev–Trinajstić information content (AvgIpc) is 3.19. The van der Waals surface area contributed by atoms with E-state index in [4.69, 9.17) is 0 Å². The summed E-state index contributed by atoms with van der Waals surface area (Å²) in [5.74, 6) is -0.426. The number of benzene rings is 3. The Morgan fingerprint density at radius 3 is 2.18 bits per heavy atom. The van der Waals surface area contributed by atoms with Gasteiger partial charge >= 0.3 is 0 Å². The number of para-hydroxylation sites is 1. The molecule has 0 aliphatic carbocycles. The van der Waals surface area contributed by atoms with Crippen LogP contribution in [0.25, 0.3) is 10.9 Å². The Hall–Kier alpha value is -3.70. The predicted octanol–water partition coefficient (Wildman–Crippen LogP) is 4.03. The molecule has 1 heterocycles. The largest absolute Gasteiger partial charge is 0.360 e. The maximum absolute atomic E-state index is 13.3. The van der Waals surface area contributed by atoms with Crippen LogP contribution in [0.5, 0.6) is 0 Å². The van der Waals surface area contributed by atoms with E-state index < -0.39 is 6.04 Å². The zero-order chi connectivity index (χ0) is 19.3. The minimum atomic E-state index is -0.715. The Kier molecular flexibility index (Phi) is 4.99. The number of amides is 1. The van der Waals surface area contributed by atoms with E-state index in [1.807, 2.05) is 60.7 Å². The van der Waals surface area contributed by atoms with Gasteiger partial charge in [0.1, 0.15) is 6.04 Å². The maximum atomic E-state index is 13.3. The van der Waals surface area contributed by atoms with Gasteiger partial charge in [0.05, 0.1) is 0 Å². The van der Waals surface area contributed by atoms with E-state index in [0.29, 0.717) is 11.1 Å². The van der Waals surface area contributed by atoms with Crippen LogP contribution >= 0.6 is 0 Å². The topological polar surface area (TPSA) is 74.0 Å². The Labute approximate surface area is 162 Å². The third kappa shape index (κ3) is 3.56. The molecule has 0 saturated carbocycles. The van der Waals surface area contributed by atoms with E-state index >= 15 is 0 Å². The molecule has 0 saturated heterocycles. The molecule has 0 radical (unpaired) electrons. The molecule has 5 nitrogen and oxygen atoms in total. The first-order valence-corrected chi connectivity index (χ1v) is 9.00. The Morgan fingerprint density at radius 2 is 1.43 bits per heavy atom. The monoisotopic (exact) mass is 369 g/mol. The highest BCUT2D eigenvalue weighted by molar-refractivity contribution is 6.10. The molecule has 0 spiro atoms. The zero-order valence-electron chi connectivity index (χ0n) is 15.1. The minimum absolute atomic E-state index is 0.128. The van der Waals surface area contributed by atoms with E-state index in [1.165, 1.54) is 0 Å². The van der Waals surface area contributed by atoms with Crippen molar-refractivity contribution >= 4 is 22.6 Å². The summed E-state index contributed by atoms with van der Waals surface area (Å²) in [5, 5.41) is 0.851. The first-order valence-electron chi connectivity index (χ1n) is 9.00. The SMILES string of the molecule is O=C(NNC(C(=O)c1c[nH]c2ccccc12)c1ccccc1)c1ccccc1. The summed E-state index contributed by atoms with van der Waals surface area (Å²) in [6.07, 6.45) is 1.71. The smallest absolute Gasteiger partial charge is 0.265 e. The molecule has 4 rings (SSSR count). The van der Waals surface area contributed by atoms with Crippen LogP contribution in [0.15, 0.2) is 91.1 Å². The van der Waals surface area contributed by atoms with Gasteiger partial charge in [-0.05, 0) is 23.8 Å². The lowest BCUT2D eigenvalue weighted by Gasteiger charge is -2.18. The van der Waals surface area contributed by atoms with Crippen LogP contribution in [0.2, 0.25) is 0 Å². The van der Waals surface area contributed by atoms with Gasteiger partial charge in [0.2, 0.25) is 0 Å². The fourth-order valence-electron chi connectivity index (χ4n) is 3.18. The Morgan fingerprint density at radius 1 is 0.786 bits per heavy atom. The summed E-state index contributed by atoms with van der Waals surface area (Å²) in [6.45, 7) is 0. The summed E-state index contributed by atoms with van der Waals surface area (Å²) in [5.41, 5.74) is 8.35. The number of Topliss-reactive ketones (excluding diaryl/α,β-unsaturated/α-hetero) is 1. The van der Waals surface area contributed by atoms with Gasteiger partial charge in [0.25, 0.3) is 5.91 Å². The number of hydrogen-bond acceptors (Lipinski definition) is 3. The lowest BCUT2D eigenvalue weighted by atomic mass is 9.97. The van der Waals surface area contributed by atoms with Gasteiger partial charge in [-0.25, -0.2) is 5.43 Å². The summed E-state index contributed by atoms with van der Waals surface area (Å²) in [7, 11) is 0. The van der Waals surface area contributed by atoms with Gasteiger partial charge in [-0.1, -0.05) is 66.7 Å². The Bertz CT molecular complexity index is 1100. The molecule has 1 unspecified atom stereocenters. The number of nitrogens with one attached hydrogen (secondary N) is 3. The normalized spacial score (nSPS) is 11.9. The van der Waals surface area contributed by atoms with E-state index in [0.717, 1.165) is 16.5 Å². The highest BCUT2D eigenvalue weighted by Gasteiger charge is 2.24. The van der Waals surface area contributed by atoms with Crippen molar-refractivity contribution in [2.45, 2.75) is 6.04 Å². The quantitative estimate of drug-likeness (QED) is 0.355. The number of H-pyrrole nitrogens is 1. The van der Waals surface area contributed by atoms with Crippen LogP contribution < -0.4 is 10.9 Å². The van der Waals surface area contributed by atoms with Crippen LogP contribution in [0, 0.1) is 0 Å². The molecule has 1 aromatic heterocycles. The van der Waals surface area contributed by atoms with Crippen molar-refractivity contribution in [3.05, 3.63) is 108 Å². The van der Waals surface area contributed by atoms with Gasteiger partial charge in [0.15, 0.2) is 5.78 Å². The lowest BCUT2D eigenvalue weighted by molar-refractivity contribution is 0.0884. The lowest BCUT2D eigenvalue weighted by Crippen LogP contribution is -2.43. The number of carbonyl (C=O) groups is 2. The molecular weight excluding hydrogens is 350 g/mol. The van der Waals surface area contributed by atoms with Crippen molar-refractivity contribution < 1.29 is 9.59 Å². The number of rotatable bonds is 6. The number of hydrazine groups is 1. The molecular formula is C23H19N3O2. The summed E-state index contributed by atoms with van der Waals surface area (Å²) in [6, 6.07) is 25.1. The highest BCUT2D eigenvalue weighted by atomic mass is 16.2. The van der Waals surface area contributed by atoms with Crippen molar-refractivity contribution in [3.8, 4) is 0 Å². The molecule has 1 atom stereocenters. The third-order valence-corrected chi connectivity index (χ3v) is 4.62. The van der Waals surface area contributed by atoms with E-state index in [9.17, 15) is 9.59 Å². The number of aromatic amines is 1. The molecule has 4 aromatic rings. The number of carbonyl (C=O) groups excluding carboxylic acids is 2. The first-order chi connectivity index (χ1) is 13.7. The number of hydrogen-bond donors (Lipinski definition) is 3. The molecule has 0 aliphatic rings. The van der Waals surface area contributed by atoms with E-state index in [2.05, 4.69) is 15.8 Å². The number of aromatic nitrogens is 1. The number of fused-ring (bicyclic) bond motifs is 1. The fourth-order valence-corrected chi connectivity index (χ4v) is 3.18. The van der Waals surface area contributed by atoms with Crippen molar-refractivity contribution in [3.63, 3.8) is 0 Å². The van der Waals surface area contributed by atoms with Gasteiger partial charge in [-0.2, -0.15) is 0 Å². The van der Waals surface area contributed by atoms with Gasteiger partial charge in [-0.3, -0.25) is 15.0 Å². The molecule has 1 amide bonds. The van der Waals surface area contributed by atoms with Gasteiger partial charge < -0.3 is 4.98 Å². The van der Waals surface area contributed by atoms with Crippen molar-refractivity contribution in [2.24, 2.45) is 0 Å².